The van der Waals surface area contributed by atoms with E-state index in [-0.39, 0.29) is 29.3 Å². The minimum atomic E-state index is -0.694. The lowest BCUT2D eigenvalue weighted by molar-refractivity contribution is -0.155. The summed E-state index contributed by atoms with van der Waals surface area (Å²) < 4.78 is 6.69. The molecule has 4 fully saturated rings. The summed E-state index contributed by atoms with van der Waals surface area (Å²) in [6.07, 6.45) is 7.61. The molecule has 0 unspecified atom stereocenters. The first kappa shape index (κ1) is 24.0. The van der Waals surface area contributed by atoms with Crippen LogP contribution in [0.5, 0.6) is 0 Å². The number of nitrogens with zero attached hydrogens (tertiary/aromatic N) is 3. The number of halogens is 1. The summed E-state index contributed by atoms with van der Waals surface area (Å²) in [6, 6.07) is 10.3. The molecule has 0 spiro atoms. The van der Waals surface area contributed by atoms with Gasteiger partial charge in [0, 0.05) is 29.7 Å². The number of hydrogen-bond acceptors (Lipinski definition) is 5. The van der Waals surface area contributed by atoms with Crippen LogP contribution in [0.4, 0.5) is 0 Å². The van der Waals surface area contributed by atoms with Gasteiger partial charge in [-0.3, -0.25) is 9.59 Å². The highest BCUT2D eigenvalue weighted by molar-refractivity contribution is 6.30. The number of aryl methyl sites for hydroxylation is 1. The molecule has 0 saturated heterocycles. The number of ether oxygens (including phenoxy) is 1. The lowest BCUT2D eigenvalue weighted by atomic mass is 9.52. The third kappa shape index (κ3) is 5.01. The molecule has 1 aromatic carbocycles. The first-order chi connectivity index (χ1) is 16.8. The van der Waals surface area contributed by atoms with E-state index in [9.17, 15) is 14.4 Å². The minimum absolute atomic E-state index is 0.0323. The number of amides is 1. The summed E-state index contributed by atoms with van der Waals surface area (Å²) in [5.74, 6) is 1.15. The van der Waals surface area contributed by atoms with Crippen LogP contribution in [0.2, 0.25) is 5.02 Å². The zero-order valence-corrected chi connectivity index (χ0v) is 20.9. The smallest absolute Gasteiger partial charge is 0.359 e. The van der Waals surface area contributed by atoms with Crippen molar-refractivity contribution in [2.24, 2.45) is 17.8 Å². The van der Waals surface area contributed by atoms with Gasteiger partial charge < -0.3 is 9.64 Å². The van der Waals surface area contributed by atoms with Gasteiger partial charge in [0.25, 0.3) is 11.5 Å². The van der Waals surface area contributed by atoms with Crippen molar-refractivity contribution in [3.63, 3.8) is 0 Å². The van der Waals surface area contributed by atoms with Crippen molar-refractivity contribution in [3.05, 3.63) is 63.0 Å². The van der Waals surface area contributed by atoms with Gasteiger partial charge in [-0.05, 0) is 86.5 Å². The van der Waals surface area contributed by atoms with Crippen molar-refractivity contribution in [1.29, 1.82) is 0 Å². The topological polar surface area (TPSA) is 81.5 Å². The minimum Gasteiger partial charge on any atom is -0.451 e. The van der Waals surface area contributed by atoms with E-state index in [0.717, 1.165) is 24.8 Å². The van der Waals surface area contributed by atoms with Crippen LogP contribution >= 0.6 is 11.6 Å². The SMILES string of the molecule is CCCn1nc(C(=O)OCC(=O)N(Cc2ccc(Cl)cc2)C23CC4CC(CC(C4)C2)C3)ccc1=O. The molecule has 1 amide bonds. The zero-order chi connectivity index (χ0) is 24.6. The number of aromatic nitrogens is 2. The Balaban J connectivity index is 1.34. The predicted molar refractivity (Wildman–Crippen MR) is 132 cm³/mol. The Morgan fingerprint density at radius 1 is 1.06 bits per heavy atom. The van der Waals surface area contributed by atoms with E-state index in [1.165, 1.54) is 36.1 Å². The van der Waals surface area contributed by atoms with E-state index in [1.807, 2.05) is 36.1 Å². The zero-order valence-electron chi connectivity index (χ0n) is 20.1. The van der Waals surface area contributed by atoms with E-state index in [2.05, 4.69) is 5.10 Å². The summed E-state index contributed by atoms with van der Waals surface area (Å²) in [4.78, 5) is 40.2. The van der Waals surface area contributed by atoms with E-state index >= 15 is 0 Å². The second-order valence-electron chi connectivity index (χ2n) is 10.6. The van der Waals surface area contributed by atoms with Gasteiger partial charge in [0.2, 0.25) is 0 Å². The summed E-state index contributed by atoms with van der Waals surface area (Å²) in [7, 11) is 0. The highest BCUT2D eigenvalue weighted by Crippen LogP contribution is 2.58. The summed E-state index contributed by atoms with van der Waals surface area (Å²) in [5.41, 5.74) is 0.600. The second kappa shape index (κ2) is 9.76. The molecule has 6 rings (SSSR count). The monoisotopic (exact) mass is 497 g/mol. The Morgan fingerprint density at radius 2 is 1.69 bits per heavy atom. The molecule has 186 valence electrons. The van der Waals surface area contributed by atoms with E-state index < -0.39 is 5.97 Å². The Kier molecular flexibility index (Phi) is 6.71. The highest BCUT2D eigenvalue weighted by Gasteiger charge is 2.54. The van der Waals surface area contributed by atoms with Crippen LogP contribution in [0, 0.1) is 17.8 Å². The second-order valence-corrected chi connectivity index (χ2v) is 11.0. The average molecular weight is 498 g/mol. The molecule has 8 heteroatoms. The van der Waals surface area contributed by atoms with Gasteiger partial charge in [-0.2, -0.15) is 5.10 Å². The number of esters is 1. The first-order valence-corrected chi connectivity index (χ1v) is 13.0. The molecule has 0 N–H and O–H groups in total. The van der Waals surface area contributed by atoms with Crippen molar-refractivity contribution < 1.29 is 14.3 Å². The van der Waals surface area contributed by atoms with Gasteiger partial charge in [-0.1, -0.05) is 30.7 Å². The maximum Gasteiger partial charge on any atom is 0.359 e. The summed E-state index contributed by atoms with van der Waals surface area (Å²) in [5, 5.41) is 4.77. The normalized spacial score (nSPS) is 26.5. The predicted octanol–water partition coefficient (Wildman–Crippen LogP) is 4.46. The van der Waals surface area contributed by atoms with Crippen molar-refractivity contribution in [1.82, 2.24) is 14.7 Å². The van der Waals surface area contributed by atoms with Crippen LogP contribution in [0.3, 0.4) is 0 Å². The fraction of sp³-hybridized carbons (Fsp3) is 0.556. The lowest BCUT2D eigenvalue weighted by Crippen LogP contribution is -2.61. The Hall–Kier alpha value is -2.67. The molecule has 4 aliphatic carbocycles. The molecule has 7 nitrogen and oxygen atoms in total. The first-order valence-electron chi connectivity index (χ1n) is 12.7. The number of hydrogen-bond donors (Lipinski definition) is 0. The van der Waals surface area contributed by atoms with Gasteiger partial charge >= 0.3 is 5.97 Å². The van der Waals surface area contributed by atoms with E-state index in [4.69, 9.17) is 16.3 Å². The molecule has 4 aliphatic rings. The molecule has 4 bridgehead atoms. The van der Waals surface area contributed by atoms with Gasteiger partial charge in [0.05, 0.1) is 0 Å². The molecule has 1 aromatic heterocycles. The van der Waals surface area contributed by atoms with Crippen molar-refractivity contribution >= 4 is 23.5 Å². The summed E-state index contributed by atoms with van der Waals surface area (Å²) in [6.45, 7) is 2.47. The fourth-order valence-electron chi connectivity index (χ4n) is 6.90. The molecule has 1 heterocycles. The molecule has 0 radical (unpaired) electrons. The van der Waals surface area contributed by atoms with Crippen molar-refractivity contribution in [3.8, 4) is 0 Å². The van der Waals surface area contributed by atoms with Gasteiger partial charge in [-0.25, -0.2) is 9.48 Å². The van der Waals surface area contributed by atoms with E-state index in [1.54, 1.807) is 0 Å². The molecule has 0 atom stereocenters. The van der Waals surface area contributed by atoms with Crippen LogP contribution in [-0.4, -0.2) is 38.7 Å². The lowest BCUT2D eigenvalue weighted by Gasteiger charge is -2.60. The number of carbonyl (C=O) groups is 2. The highest BCUT2D eigenvalue weighted by atomic mass is 35.5. The van der Waals surface area contributed by atoms with Crippen LogP contribution in [0.15, 0.2) is 41.2 Å². The van der Waals surface area contributed by atoms with E-state index in [0.29, 0.717) is 42.3 Å². The van der Waals surface area contributed by atoms with Gasteiger partial charge in [-0.15, -0.1) is 0 Å². The largest absolute Gasteiger partial charge is 0.451 e. The Bertz CT molecular complexity index is 1120. The van der Waals surface area contributed by atoms with Crippen molar-refractivity contribution in [2.75, 3.05) is 6.61 Å². The number of benzene rings is 1. The Morgan fingerprint density at radius 3 is 2.29 bits per heavy atom. The maximum atomic E-state index is 13.6. The Labute approximate surface area is 210 Å². The molecule has 4 saturated carbocycles. The third-order valence-electron chi connectivity index (χ3n) is 7.97. The quantitative estimate of drug-likeness (QED) is 0.503. The molecule has 2 aromatic rings. The van der Waals surface area contributed by atoms with Crippen LogP contribution in [0.25, 0.3) is 0 Å². The van der Waals surface area contributed by atoms with Crippen LogP contribution in [0.1, 0.15) is 67.9 Å². The average Bonchev–Trinajstić information content (AvgIpc) is 2.82. The summed E-state index contributed by atoms with van der Waals surface area (Å²) >= 11 is 6.09. The van der Waals surface area contributed by atoms with Gasteiger partial charge in [0.1, 0.15) is 0 Å². The maximum absolute atomic E-state index is 13.6. The molecule has 0 aliphatic heterocycles. The number of rotatable bonds is 8. The van der Waals surface area contributed by atoms with Crippen molar-refractivity contribution in [2.45, 2.75) is 70.5 Å². The molecular formula is C27H32ClN3O4. The third-order valence-corrected chi connectivity index (χ3v) is 8.22. The number of carbonyl (C=O) groups excluding carboxylic acids is 2. The molecule has 35 heavy (non-hydrogen) atoms. The fourth-order valence-corrected chi connectivity index (χ4v) is 7.02. The molecular weight excluding hydrogens is 466 g/mol. The standard InChI is InChI=1S/C27H32ClN3O4/c1-2-9-31-24(32)8-7-23(29-31)26(34)35-17-25(33)30(16-18-3-5-22(28)6-4-18)27-13-19-10-20(14-27)12-21(11-19)15-27/h3-8,19-21H,2,9-17H2,1H3. The van der Waals surface area contributed by atoms with Crippen LogP contribution in [-0.2, 0) is 22.6 Å². The van der Waals surface area contributed by atoms with Crippen LogP contribution < -0.4 is 5.56 Å². The van der Waals surface area contributed by atoms with Gasteiger partial charge in [0.15, 0.2) is 12.3 Å².